The predicted molar refractivity (Wildman–Crippen MR) is 104 cm³/mol. The maximum atomic E-state index is 11.4. The fourth-order valence-electron chi connectivity index (χ4n) is 2.70. The predicted octanol–water partition coefficient (Wildman–Crippen LogP) is 6.02. The summed E-state index contributed by atoms with van der Waals surface area (Å²) in [6.07, 6.45) is 14.1. The number of carbonyl (C=O) groups excluding carboxylic acids is 1. The summed E-state index contributed by atoms with van der Waals surface area (Å²) in [5.41, 5.74) is 0. The fraction of sp³-hybridized carbons (Fsp3) is 0.952. The van der Waals surface area contributed by atoms with E-state index in [4.69, 9.17) is 14.2 Å². The summed E-state index contributed by atoms with van der Waals surface area (Å²) in [5.74, 6) is -0.125. The van der Waals surface area contributed by atoms with Gasteiger partial charge in [0.15, 0.2) is 6.29 Å². The second kappa shape index (κ2) is 19.7. The zero-order valence-corrected chi connectivity index (χ0v) is 17.0. The third-order valence-corrected chi connectivity index (χ3v) is 4.23. The van der Waals surface area contributed by atoms with Gasteiger partial charge in [0.05, 0.1) is 6.61 Å². The number of rotatable bonds is 19. The van der Waals surface area contributed by atoms with E-state index < -0.39 is 0 Å². The van der Waals surface area contributed by atoms with Gasteiger partial charge >= 0.3 is 5.97 Å². The van der Waals surface area contributed by atoms with Crippen LogP contribution in [0.2, 0.25) is 0 Å². The van der Waals surface area contributed by atoms with Crippen LogP contribution in [-0.2, 0) is 19.0 Å². The Labute approximate surface area is 156 Å². The van der Waals surface area contributed by atoms with Gasteiger partial charge in [-0.1, -0.05) is 65.2 Å². The normalized spacial score (nSPS) is 11.2. The molecule has 0 N–H and O–H groups in total. The molecule has 0 rings (SSSR count). The van der Waals surface area contributed by atoms with Crippen LogP contribution < -0.4 is 0 Å². The molecule has 0 aliphatic carbocycles. The van der Waals surface area contributed by atoms with E-state index in [2.05, 4.69) is 13.8 Å². The monoisotopic (exact) mass is 358 g/mol. The molecule has 4 heteroatoms. The van der Waals surface area contributed by atoms with Crippen molar-refractivity contribution in [1.29, 1.82) is 0 Å². The van der Waals surface area contributed by atoms with Crippen molar-refractivity contribution >= 4 is 5.97 Å². The van der Waals surface area contributed by atoms with Crippen molar-refractivity contribution in [3.05, 3.63) is 0 Å². The van der Waals surface area contributed by atoms with Gasteiger partial charge in [-0.2, -0.15) is 0 Å². The van der Waals surface area contributed by atoms with Crippen LogP contribution >= 0.6 is 0 Å². The van der Waals surface area contributed by atoms with Crippen LogP contribution in [0.25, 0.3) is 0 Å². The molecule has 0 fully saturated rings. The van der Waals surface area contributed by atoms with E-state index in [0.29, 0.717) is 13.0 Å². The van der Waals surface area contributed by atoms with Crippen LogP contribution in [-0.4, -0.2) is 32.1 Å². The smallest absolute Gasteiger partial charge is 0.305 e. The molecule has 0 heterocycles. The summed E-state index contributed by atoms with van der Waals surface area (Å²) in [7, 11) is 0. The van der Waals surface area contributed by atoms with Gasteiger partial charge in [-0.15, -0.1) is 0 Å². The Bertz CT molecular complexity index is 265. The molecule has 4 nitrogen and oxygen atoms in total. The number of ether oxygens (including phenoxy) is 3. The number of unbranched alkanes of at least 4 members (excludes halogenated alkanes) is 8. The van der Waals surface area contributed by atoms with Crippen LogP contribution in [0.1, 0.15) is 104 Å². The second-order valence-corrected chi connectivity index (χ2v) is 6.70. The van der Waals surface area contributed by atoms with Crippen molar-refractivity contribution in [3.8, 4) is 0 Å². The average Bonchev–Trinajstić information content (AvgIpc) is 2.60. The Morgan fingerprint density at radius 1 is 0.720 bits per heavy atom. The molecule has 0 saturated heterocycles. The van der Waals surface area contributed by atoms with Crippen LogP contribution in [0.4, 0.5) is 0 Å². The molecule has 0 saturated carbocycles. The first kappa shape index (κ1) is 24.4. The van der Waals surface area contributed by atoms with Gasteiger partial charge < -0.3 is 14.2 Å². The highest BCUT2D eigenvalue weighted by atomic mass is 16.7. The summed E-state index contributed by atoms with van der Waals surface area (Å²) < 4.78 is 16.8. The van der Waals surface area contributed by atoms with Gasteiger partial charge in [-0.05, 0) is 32.6 Å². The van der Waals surface area contributed by atoms with Crippen LogP contribution in [0, 0.1) is 0 Å². The molecule has 0 atom stereocenters. The molecule has 0 spiro atoms. The minimum absolute atomic E-state index is 0.125. The quantitative estimate of drug-likeness (QED) is 0.161. The van der Waals surface area contributed by atoms with Crippen LogP contribution in [0.3, 0.4) is 0 Å². The molecule has 0 aromatic carbocycles. The Morgan fingerprint density at radius 2 is 1.24 bits per heavy atom. The van der Waals surface area contributed by atoms with Gasteiger partial charge in [0.25, 0.3) is 0 Å². The van der Waals surface area contributed by atoms with E-state index in [1.54, 1.807) is 0 Å². The van der Waals surface area contributed by atoms with Crippen LogP contribution in [0.15, 0.2) is 0 Å². The highest BCUT2D eigenvalue weighted by Gasteiger charge is 2.11. The average molecular weight is 359 g/mol. The molecular formula is C21H42O4. The summed E-state index contributed by atoms with van der Waals surface area (Å²) in [5, 5.41) is 0. The molecule has 0 aromatic rings. The largest absolute Gasteiger partial charge is 0.466 e. The lowest BCUT2D eigenvalue weighted by Crippen LogP contribution is -2.19. The molecule has 150 valence electrons. The third-order valence-electron chi connectivity index (χ3n) is 4.23. The summed E-state index contributed by atoms with van der Waals surface area (Å²) in [6, 6.07) is 0. The Morgan fingerprint density at radius 3 is 1.72 bits per heavy atom. The number of hydrogen-bond acceptors (Lipinski definition) is 4. The Kier molecular flexibility index (Phi) is 19.2. The Balaban J connectivity index is 3.89. The lowest BCUT2D eigenvalue weighted by molar-refractivity contribution is -0.151. The third kappa shape index (κ3) is 18.0. The topological polar surface area (TPSA) is 44.8 Å². The van der Waals surface area contributed by atoms with Crippen molar-refractivity contribution in [1.82, 2.24) is 0 Å². The van der Waals surface area contributed by atoms with Crippen molar-refractivity contribution in [2.24, 2.45) is 0 Å². The highest BCUT2D eigenvalue weighted by molar-refractivity contribution is 5.69. The molecule has 0 unspecified atom stereocenters. The van der Waals surface area contributed by atoms with E-state index in [9.17, 15) is 4.79 Å². The van der Waals surface area contributed by atoms with Gasteiger partial charge in [-0.25, -0.2) is 0 Å². The van der Waals surface area contributed by atoms with E-state index in [0.717, 1.165) is 38.9 Å². The number of esters is 1. The zero-order valence-electron chi connectivity index (χ0n) is 17.0. The number of hydrogen-bond donors (Lipinski definition) is 0. The highest BCUT2D eigenvalue weighted by Crippen LogP contribution is 2.12. The van der Waals surface area contributed by atoms with Crippen molar-refractivity contribution in [2.45, 2.75) is 111 Å². The van der Waals surface area contributed by atoms with E-state index in [1.807, 2.05) is 6.92 Å². The summed E-state index contributed by atoms with van der Waals surface area (Å²) in [4.78, 5) is 11.4. The first-order chi connectivity index (χ1) is 12.2. The van der Waals surface area contributed by atoms with E-state index in [-0.39, 0.29) is 12.3 Å². The Hall–Kier alpha value is -0.610. The summed E-state index contributed by atoms with van der Waals surface area (Å²) >= 11 is 0. The maximum Gasteiger partial charge on any atom is 0.305 e. The molecule has 0 amide bonds. The maximum absolute atomic E-state index is 11.4. The first-order valence-electron chi connectivity index (χ1n) is 10.6. The minimum Gasteiger partial charge on any atom is -0.466 e. The molecule has 25 heavy (non-hydrogen) atoms. The molecule has 0 aliphatic heterocycles. The van der Waals surface area contributed by atoms with Gasteiger partial charge in [0.2, 0.25) is 0 Å². The molecule has 0 radical (unpaired) electrons. The van der Waals surface area contributed by atoms with Gasteiger partial charge in [-0.3, -0.25) is 4.79 Å². The first-order valence-corrected chi connectivity index (χ1v) is 10.6. The minimum atomic E-state index is -0.174. The molecule has 0 aromatic heterocycles. The summed E-state index contributed by atoms with van der Waals surface area (Å²) in [6.45, 7) is 8.25. The molecular weight excluding hydrogens is 316 g/mol. The van der Waals surface area contributed by atoms with Gasteiger partial charge in [0, 0.05) is 19.6 Å². The van der Waals surface area contributed by atoms with Crippen molar-refractivity contribution in [2.75, 3.05) is 19.8 Å². The fourth-order valence-corrected chi connectivity index (χ4v) is 2.70. The molecule has 0 aliphatic rings. The SMILES string of the molecule is CCCCCCCOC(CCCC(=O)OCC)OCCCCCCC. The van der Waals surface area contributed by atoms with Crippen molar-refractivity contribution in [3.63, 3.8) is 0 Å². The lowest BCUT2D eigenvalue weighted by Gasteiger charge is -2.18. The van der Waals surface area contributed by atoms with E-state index >= 15 is 0 Å². The second-order valence-electron chi connectivity index (χ2n) is 6.70. The zero-order chi connectivity index (χ0) is 18.6. The molecule has 0 bridgehead atoms. The van der Waals surface area contributed by atoms with E-state index in [1.165, 1.54) is 51.4 Å². The lowest BCUT2D eigenvalue weighted by atomic mass is 10.1. The van der Waals surface area contributed by atoms with Crippen LogP contribution in [0.5, 0.6) is 0 Å². The van der Waals surface area contributed by atoms with Crippen molar-refractivity contribution < 1.29 is 19.0 Å². The number of carbonyl (C=O) groups is 1. The standard InChI is InChI=1S/C21H42O4/c1-4-7-9-11-13-18-24-21(17-15-16-20(22)23-6-3)25-19-14-12-10-8-5-2/h21H,4-19H2,1-3H3. The van der Waals surface area contributed by atoms with Gasteiger partial charge in [0.1, 0.15) is 0 Å².